The van der Waals surface area contributed by atoms with E-state index < -0.39 is 4.92 Å². The van der Waals surface area contributed by atoms with Crippen LogP contribution in [0.5, 0.6) is 0 Å². The van der Waals surface area contributed by atoms with Gasteiger partial charge in [0.15, 0.2) is 5.82 Å². The van der Waals surface area contributed by atoms with E-state index in [1.807, 2.05) is 4.57 Å². The SMILES string of the molecule is N#C/C(=C\c1ccc(-c2ccc([N+](=O)[O-])cc2Br)o1)c1nnc2n1CCCCC2. The van der Waals surface area contributed by atoms with E-state index in [-0.39, 0.29) is 5.69 Å². The van der Waals surface area contributed by atoms with Crippen molar-refractivity contribution < 1.29 is 9.34 Å². The number of hydrogen-bond acceptors (Lipinski definition) is 6. The molecular weight excluding hydrogens is 438 g/mol. The minimum absolute atomic E-state index is 0.00781. The van der Waals surface area contributed by atoms with Gasteiger partial charge in [0, 0.05) is 41.2 Å². The van der Waals surface area contributed by atoms with E-state index >= 15 is 0 Å². The number of nitrogens with zero attached hydrogens (tertiary/aromatic N) is 5. The van der Waals surface area contributed by atoms with Crippen LogP contribution in [0, 0.1) is 21.4 Å². The monoisotopic (exact) mass is 453 g/mol. The largest absolute Gasteiger partial charge is 0.457 e. The first-order valence-electron chi connectivity index (χ1n) is 9.15. The highest BCUT2D eigenvalue weighted by Gasteiger charge is 2.18. The third-order valence-corrected chi connectivity index (χ3v) is 5.47. The molecule has 0 spiro atoms. The molecule has 1 aromatic carbocycles. The second-order valence-electron chi connectivity index (χ2n) is 6.70. The van der Waals surface area contributed by atoms with Gasteiger partial charge < -0.3 is 8.98 Å². The van der Waals surface area contributed by atoms with Crippen LogP contribution in [-0.4, -0.2) is 19.7 Å². The summed E-state index contributed by atoms with van der Waals surface area (Å²) in [5.74, 6) is 2.50. The second-order valence-corrected chi connectivity index (χ2v) is 7.55. The zero-order valence-electron chi connectivity index (χ0n) is 15.3. The van der Waals surface area contributed by atoms with Crippen molar-refractivity contribution in [1.29, 1.82) is 5.26 Å². The number of aryl methyl sites for hydroxylation is 1. The Hall–Kier alpha value is -3.25. The van der Waals surface area contributed by atoms with Crippen LogP contribution in [0.2, 0.25) is 0 Å². The smallest absolute Gasteiger partial charge is 0.270 e. The fourth-order valence-corrected chi connectivity index (χ4v) is 3.93. The van der Waals surface area contributed by atoms with Gasteiger partial charge in [0.25, 0.3) is 5.69 Å². The van der Waals surface area contributed by atoms with Crippen LogP contribution in [0.1, 0.15) is 36.7 Å². The maximum absolute atomic E-state index is 10.9. The lowest BCUT2D eigenvalue weighted by Crippen LogP contribution is -2.05. The molecule has 146 valence electrons. The molecule has 0 radical (unpaired) electrons. The summed E-state index contributed by atoms with van der Waals surface area (Å²) in [4.78, 5) is 10.5. The molecular formula is C20H16BrN5O3. The third kappa shape index (κ3) is 3.84. The van der Waals surface area contributed by atoms with Crippen molar-refractivity contribution in [2.75, 3.05) is 0 Å². The number of hydrogen-bond donors (Lipinski definition) is 0. The molecule has 0 aliphatic carbocycles. The van der Waals surface area contributed by atoms with E-state index in [9.17, 15) is 15.4 Å². The van der Waals surface area contributed by atoms with E-state index in [2.05, 4.69) is 32.2 Å². The molecule has 9 heteroatoms. The van der Waals surface area contributed by atoms with Gasteiger partial charge in [-0.15, -0.1) is 10.2 Å². The number of benzene rings is 1. The molecule has 1 aliphatic heterocycles. The normalized spacial score (nSPS) is 14.1. The van der Waals surface area contributed by atoms with Crippen LogP contribution in [0.15, 0.2) is 39.2 Å². The summed E-state index contributed by atoms with van der Waals surface area (Å²) in [6.45, 7) is 0.801. The average Bonchev–Trinajstić information content (AvgIpc) is 3.26. The zero-order chi connectivity index (χ0) is 20.4. The van der Waals surface area contributed by atoms with E-state index in [0.717, 1.165) is 38.1 Å². The number of aromatic nitrogens is 3. The number of non-ortho nitro benzene ring substituents is 1. The van der Waals surface area contributed by atoms with Crippen LogP contribution in [-0.2, 0) is 13.0 Å². The summed E-state index contributed by atoms with van der Waals surface area (Å²) in [6, 6.07) is 10.2. The number of nitriles is 1. The van der Waals surface area contributed by atoms with Crippen molar-refractivity contribution in [1.82, 2.24) is 14.8 Å². The highest BCUT2D eigenvalue weighted by Crippen LogP contribution is 2.33. The van der Waals surface area contributed by atoms with Gasteiger partial charge in [-0.3, -0.25) is 10.1 Å². The molecule has 8 nitrogen and oxygen atoms in total. The van der Waals surface area contributed by atoms with Gasteiger partial charge >= 0.3 is 0 Å². The molecule has 2 aromatic heterocycles. The molecule has 3 heterocycles. The predicted octanol–water partition coefficient (Wildman–Crippen LogP) is 5.00. The van der Waals surface area contributed by atoms with Crippen LogP contribution in [0.25, 0.3) is 23.0 Å². The third-order valence-electron chi connectivity index (χ3n) is 4.81. The fourth-order valence-electron chi connectivity index (χ4n) is 3.37. The number of rotatable bonds is 4. The standard InChI is InChI=1S/C20H16BrN5O3/c21-17-11-14(26(27)28)5-7-16(17)18-8-6-15(29-18)10-13(12-22)20-24-23-19-4-2-1-3-9-25(19)20/h5-8,10-11H,1-4,9H2/b13-10+. The van der Waals surface area contributed by atoms with E-state index in [1.54, 1.807) is 24.3 Å². The fraction of sp³-hybridized carbons (Fsp3) is 0.250. The highest BCUT2D eigenvalue weighted by atomic mass is 79.9. The molecule has 3 aromatic rings. The number of fused-ring (bicyclic) bond motifs is 1. The molecule has 0 N–H and O–H groups in total. The van der Waals surface area contributed by atoms with Gasteiger partial charge in [-0.05, 0) is 47.0 Å². The maximum atomic E-state index is 10.9. The zero-order valence-corrected chi connectivity index (χ0v) is 16.9. The number of halogens is 1. The second kappa shape index (κ2) is 8.01. The highest BCUT2D eigenvalue weighted by molar-refractivity contribution is 9.10. The minimum atomic E-state index is -0.453. The van der Waals surface area contributed by atoms with Crippen molar-refractivity contribution in [2.45, 2.75) is 32.2 Å². The average molecular weight is 454 g/mol. The first-order valence-corrected chi connectivity index (χ1v) is 9.94. The van der Waals surface area contributed by atoms with Gasteiger partial charge in [0.05, 0.1) is 4.92 Å². The molecule has 1 aliphatic rings. The minimum Gasteiger partial charge on any atom is -0.457 e. The molecule has 0 atom stereocenters. The molecule has 0 fully saturated rings. The predicted molar refractivity (Wildman–Crippen MR) is 110 cm³/mol. The molecule has 4 rings (SSSR count). The Balaban J connectivity index is 1.66. The van der Waals surface area contributed by atoms with E-state index in [4.69, 9.17) is 4.42 Å². The van der Waals surface area contributed by atoms with Crippen molar-refractivity contribution in [2.24, 2.45) is 0 Å². The Bertz CT molecular complexity index is 1160. The molecule has 29 heavy (non-hydrogen) atoms. The summed E-state index contributed by atoms with van der Waals surface area (Å²) in [6.07, 6.45) is 5.76. The summed E-state index contributed by atoms with van der Waals surface area (Å²) in [7, 11) is 0. The van der Waals surface area contributed by atoms with Crippen molar-refractivity contribution in [3.8, 4) is 17.4 Å². The summed E-state index contributed by atoms with van der Waals surface area (Å²) in [5.41, 5.74) is 1.06. The van der Waals surface area contributed by atoms with Crippen molar-refractivity contribution in [3.05, 3.63) is 62.3 Å². The van der Waals surface area contributed by atoms with Gasteiger partial charge in [0.1, 0.15) is 29.0 Å². The van der Waals surface area contributed by atoms with Crippen LogP contribution in [0.4, 0.5) is 5.69 Å². The Morgan fingerprint density at radius 2 is 2.14 bits per heavy atom. The lowest BCUT2D eigenvalue weighted by molar-refractivity contribution is -0.384. The molecule has 0 amide bonds. The quantitative estimate of drug-likeness (QED) is 0.312. The van der Waals surface area contributed by atoms with Crippen molar-refractivity contribution >= 4 is 33.3 Å². The summed E-state index contributed by atoms with van der Waals surface area (Å²) < 4.78 is 8.43. The maximum Gasteiger partial charge on any atom is 0.270 e. The lowest BCUT2D eigenvalue weighted by atomic mass is 10.1. The van der Waals surface area contributed by atoms with Gasteiger partial charge in [-0.2, -0.15) is 5.26 Å². The number of furan rings is 1. The molecule has 0 bridgehead atoms. The molecule has 0 saturated carbocycles. The van der Waals surface area contributed by atoms with E-state index in [0.29, 0.717) is 33.0 Å². The van der Waals surface area contributed by atoms with Crippen LogP contribution >= 0.6 is 15.9 Å². The number of allylic oxidation sites excluding steroid dienone is 1. The van der Waals surface area contributed by atoms with Crippen LogP contribution < -0.4 is 0 Å². The summed E-state index contributed by atoms with van der Waals surface area (Å²) >= 11 is 3.35. The number of nitro groups is 1. The topological polar surface area (TPSA) is 111 Å². The Labute approximate surface area is 174 Å². The van der Waals surface area contributed by atoms with Gasteiger partial charge in [-0.1, -0.05) is 6.42 Å². The molecule has 0 saturated heterocycles. The lowest BCUT2D eigenvalue weighted by Gasteiger charge is -2.05. The van der Waals surface area contributed by atoms with Crippen molar-refractivity contribution in [3.63, 3.8) is 0 Å². The van der Waals surface area contributed by atoms with Crippen LogP contribution in [0.3, 0.4) is 0 Å². The first-order chi connectivity index (χ1) is 14.1. The Kier molecular flexibility index (Phi) is 5.27. The first kappa shape index (κ1) is 19.1. The summed E-state index contributed by atoms with van der Waals surface area (Å²) in [5, 5.41) is 29.0. The Morgan fingerprint density at radius 3 is 2.90 bits per heavy atom. The van der Waals surface area contributed by atoms with E-state index in [1.165, 1.54) is 12.1 Å². The van der Waals surface area contributed by atoms with Gasteiger partial charge in [0.2, 0.25) is 0 Å². The molecule has 0 unspecified atom stereocenters. The number of nitro benzene ring substituents is 1. The Morgan fingerprint density at radius 1 is 1.28 bits per heavy atom. The van der Waals surface area contributed by atoms with Gasteiger partial charge in [-0.25, -0.2) is 0 Å².